The van der Waals surface area contributed by atoms with Crippen LogP contribution in [0.15, 0.2) is 54.4 Å². The van der Waals surface area contributed by atoms with E-state index in [-0.39, 0.29) is 56.8 Å². The Balaban J connectivity index is 2.47. The topological polar surface area (TPSA) is 0 Å². The highest BCUT2D eigenvalue weighted by Gasteiger charge is 2.09. The first-order valence-corrected chi connectivity index (χ1v) is 6.29. The average Bonchev–Trinajstić information content (AvgIpc) is 3.04. The Morgan fingerprint density at radius 3 is 2.50 bits per heavy atom. The van der Waals surface area contributed by atoms with E-state index >= 15 is 0 Å². The smallest absolute Gasteiger partial charge is 0.0639 e. The minimum absolute atomic E-state index is 0.0490. The van der Waals surface area contributed by atoms with Gasteiger partial charge < -0.3 is 0 Å². The molecule has 2 heteroatoms. The maximum Gasteiger partial charge on any atom is 0.0639 e. The third kappa shape index (κ3) is 1.32. The molecule has 0 N–H and O–H groups in total. The van der Waals surface area contributed by atoms with Gasteiger partial charge in [0.2, 0.25) is 0 Å². The Kier molecular flexibility index (Phi) is 0.997. The Morgan fingerprint density at radius 1 is 0.778 bits per heavy atom. The molecule has 0 amide bonds. The largest absolute Gasteiger partial charge is 0.133 e. The van der Waals surface area contributed by atoms with Crippen LogP contribution in [0.5, 0.6) is 0 Å². The Bertz CT molecular complexity index is 1330. The van der Waals surface area contributed by atoms with Crippen molar-refractivity contribution < 1.29 is 12.3 Å². The van der Waals surface area contributed by atoms with Gasteiger partial charge in [-0.05, 0) is 16.8 Å². The second kappa shape index (κ2) is 3.71. The van der Waals surface area contributed by atoms with Crippen molar-refractivity contribution in [1.29, 1.82) is 0 Å². The molecule has 0 fully saturated rings. The molecule has 86 valence electrons. The summed E-state index contributed by atoms with van der Waals surface area (Å²) in [7, 11) is 0. The molecule has 4 rings (SSSR count). The summed E-state index contributed by atoms with van der Waals surface area (Å²) in [5, 5.41) is 0.287. The third-order valence-electron chi connectivity index (χ3n) is 2.69. The zero-order chi connectivity index (χ0) is 19.9. The van der Waals surface area contributed by atoms with Crippen LogP contribution in [0.25, 0.3) is 30.9 Å². The van der Waals surface area contributed by atoms with Crippen molar-refractivity contribution in [2.24, 2.45) is 0 Å². The van der Waals surface area contributed by atoms with Gasteiger partial charge in [-0.15, -0.1) is 11.3 Å². The summed E-state index contributed by atoms with van der Waals surface area (Å²) in [6.45, 7) is 0. The minimum Gasteiger partial charge on any atom is -0.133 e. The summed E-state index contributed by atoms with van der Waals surface area (Å²) < 4.78 is 73.5. The quantitative estimate of drug-likeness (QED) is 0.377. The zero-order valence-corrected chi connectivity index (χ0v) is 10.4. The number of rotatable bonds is 0. The number of halogens is 1. The molecule has 1 heterocycles. The molecule has 0 bridgehead atoms. The van der Waals surface area contributed by atoms with E-state index in [2.05, 4.69) is 0 Å². The van der Waals surface area contributed by atoms with Crippen LogP contribution >= 0.6 is 22.9 Å². The molecule has 0 saturated carbocycles. The number of benzene rings is 3. The molecule has 0 radical (unpaired) electrons. The lowest BCUT2D eigenvalue weighted by Crippen LogP contribution is -1.71. The van der Waals surface area contributed by atoms with Gasteiger partial charge >= 0.3 is 0 Å². The predicted octanol–water partition coefficient (Wildman–Crippen LogP) is 5.86. The molecule has 0 aliphatic carbocycles. The summed E-state index contributed by atoms with van der Waals surface area (Å²) in [6.07, 6.45) is 0. The van der Waals surface area contributed by atoms with Gasteiger partial charge in [-0.3, -0.25) is 0 Å². The molecule has 0 aliphatic rings. The molecule has 0 unspecified atom stereocenters. The lowest BCUT2D eigenvalue weighted by molar-refractivity contribution is 1.81. The lowest BCUT2D eigenvalue weighted by Gasteiger charge is -1.98. The van der Waals surface area contributed by atoms with E-state index < -0.39 is 24.2 Å². The van der Waals surface area contributed by atoms with Crippen molar-refractivity contribution in [3.8, 4) is 0 Å². The summed E-state index contributed by atoms with van der Waals surface area (Å²) >= 11 is 7.21. The standard InChI is InChI=1S/C16H9ClS/c17-14-7-3-6-12-13-9-8-10-4-1-2-5-11(10)15(13)18-16(12)14/h1-9H/i1D,2D,3D,4D,5D,6D,7D,8D,9D. The van der Waals surface area contributed by atoms with Crippen LogP contribution in [-0.4, -0.2) is 0 Å². The van der Waals surface area contributed by atoms with E-state index in [1.54, 1.807) is 0 Å². The fourth-order valence-corrected chi connectivity index (χ4v) is 3.27. The molecule has 0 saturated heterocycles. The van der Waals surface area contributed by atoms with E-state index in [9.17, 15) is 0 Å². The summed E-state index contributed by atoms with van der Waals surface area (Å²) in [5.41, 5.74) is 0. The number of hydrogen-bond acceptors (Lipinski definition) is 1. The van der Waals surface area contributed by atoms with Gasteiger partial charge in [0, 0.05) is 15.5 Å². The molecular weight excluding hydrogens is 260 g/mol. The van der Waals surface area contributed by atoms with Crippen LogP contribution in [0, 0.1) is 0 Å². The lowest BCUT2D eigenvalue weighted by atomic mass is 10.1. The molecule has 3 aromatic carbocycles. The average molecular weight is 278 g/mol. The van der Waals surface area contributed by atoms with Crippen LogP contribution in [-0.2, 0) is 0 Å². The van der Waals surface area contributed by atoms with Gasteiger partial charge in [0.05, 0.1) is 22.1 Å². The van der Waals surface area contributed by atoms with Gasteiger partial charge in [-0.1, -0.05) is 59.9 Å². The van der Waals surface area contributed by atoms with E-state index in [1.807, 2.05) is 0 Å². The van der Waals surface area contributed by atoms with Crippen LogP contribution < -0.4 is 0 Å². The van der Waals surface area contributed by atoms with E-state index in [1.165, 1.54) is 0 Å². The van der Waals surface area contributed by atoms with Crippen molar-refractivity contribution in [2.75, 3.05) is 0 Å². The van der Waals surface area contributed by atoms with Gasteiger partial charge in [0.15, 0.2) is 0 Å². The van der Waals surface area contributed by atoms with Gasteiger partial charge in [-0.25, -0.2) is 0 Å². The van der Waals surface area contributed by atoms with Crippen LogP contribution in [0.1, 0.15) is 12.3 Å². The summed E-state index contributed by atoms with van der Waals surface area (Å²) in [4.78, 5) is 0. The van der Waals surface area contributed by atoms with Gasteiger partial charge in [0.25, 0.3) is 0 Å². The second-order valence-electron chi connectivity index (χ2n) is 3.70. The van der Waals surface area contributed by atoms with Gasteiger partial charge in [-0.2, -0.15) is 0 Å². The second-order valence-corrected chi connectivity index (χ2v) is 5.10. The van der Waals surface area contributed by atoms with Crippen molar-refractivity contribution in [1.82, 2.24) is 0 Å². The highest BCUT2D eigenvalue weighted by atomic mass is 35.5. The molecule has 4 aromatic rings. The SMILES string of the molecule is [2H]c1c([2H])c([2H])c2c(sc3c4c([2H])c([2H])c([2H])c([2H])c4c([2H])c([2H])c32)c1Cl. The maximum atomic E-state index is 8.38. The normalized spacial score (nSPS) is 18.6. The van der Waals surface area contributed by atoms with E-state index in [4.69, 9.17) is 23.9 Å². The molecule has 1 aromatic heterocycles. The van der Waals surface area contributed by atoms with Crippen LogP contribution in [0.3, 0.4) is 0 Å². The Hall–Kier alpha value is -1.57. The summed E-state index contributed by atoms with van der Waals surface area (Å²) in [6, 6.07) is -3.35. The number of thiophene rings is 1. The molecule has 0 aliphatic heterocycles. The number of fused-ring (bicyclic) bond motifs is 5. The molecule has 0 nitrogen and oxygen atoms in total. The number of hydrogen-bond donors (Lipinski definition) is 0. The van der Waals surface area contributed by atoms with Crippen molar-refractivity contribution in [3.05, 3.63) is 59.4 Å². The highest BCUT2D eigenvalue weighted by molar-refractivity contribution is 7.27. The fourth-order valence-electron chi connectivity index (χ4n) is 1.91. The molecule has 18 heavy (non-hydrogen) atoms. The third-order valence-corrected chi connectivity index (χ3v) is 4.31. The Labute approximate surface area is 126 Å². The first kappa shape index (κ1) is 4.84. The molecular formula is C16H9ClS. The van der Waals surface area contributed by atoms with E-state index in [0.29, 0.717) is 9.40 Å². The van der Waals surface area contributed by atoms with Crippen LogP contribution in [0.2, 0.25) is 5.02 Å². The van der Waals surface area contributed by atoms with Crippen molar-refractivity contribution in [3.63, 3.8) is 0 Å². The summed E-state index contributed by atoms with van der Waals surface area (Å²) in [5.74, 6) is 0. The maximum absolute atomic E-state index is 8.38. The van der Waals surface area contributed by atoms with Crippen molar-refractivity contribution in [2.45, 2.75) is 0 Å². The monoisotopic (exact) mass is 277 g/mol. The first-order valence-electron chi connectivity index (χ1n) is 9.60. The highest BCUT2D eigenvalue weighted by Crippen LogP contribution is 2.40. The molecule has 0 atom stereocenters. The van der Waals surface area contributed by atoms with Crippen molar-refractivity contribution >= 4 is 53.9 Å². The Morgan fingerprint density at radius 2 is 1.56 bits per heavy atom. The van der Waals surface area contributed by atoms with E-state index in [0.717, 1.165) is 11.3 Å². The fraction of sp³-hybridized carbons (Fsp3) is 0. The van der Waals surface area contributed by atoms with Crippen LogP contribution in [0.4, 0.5) is 0 Å². The van der Waals surface area contributed by atoms with Gasteiger partial charge in [0.1, 0.15) is 0 Å². The molecule has 0 spiro atoms. The zero-order valence-electron chi connectivity index (χ0n) is 17.8. The predicted molar refractivity (Wildman–Crippen MR) is 81.8 cm³/mol. The minimum atomic E-state index is -0.484. The first-order chi connectivity index (χ1) is 12.6.